The molecule has 0 heterocycles. The average molecular weight is 1580 g/mol. The van der Waals surface area contributed by atoms with Crippen molar-refractivity contribution in [2.75, 3.05) is 54.4 Å². The molecule has 0 saturated heterocycles. The van der Waals surface area contributed by atoms with Crippen LogP contribution in [0.4, 0.5) is 0 Å². The summed E-state index contributed by atoms with van der Waals surface area (Å²) in [5, 5.41) is 53.6. The Balaban J connectivity index is 0.000000740. The van der Waals surface area contributed by atoms with E-state index >= 15 is 0 Å². The van der Waals surface area contributed by atoms with Crippen molar-refractivity contribution in [1.29, 1.82) is 0 Å². The number of nitrogens with zero attached hydrogens (tertiary/aromatic N) is 4. The second-order valence-corrected chi connectivity index (χ2v) is 34.3. The first-order valence-corrected chi connectivity index (χ1v) is 33.0. The van der Waals surface area contributed by atoms with Crippen LogP contribution >= 0.6 is 0 Å². The minimum atomic E-state index is -0.199. The van der Waals surface area contributed by atoms with Crippen molar-refractivity contribution in [3.63, 3.8) is 0 Å². The molecule has 6 aromatic carbocycles. The molecule has 10 heteroatoms. The molecule has 6 rings (SSSR count). The van der Waals surface area contributed by atoms with E-state index in [4.69, 9.17) is 0 Å². The summed E-state index contributed by atoms with van der Waals surface area (Å²) >= 11 is 0. The zero-order valence-electron chi connectivity index (χ0n) is 63.0. The number of hydrogen-bond acceptors (Lipinski definition) is 8. The summed E-state index contributed by atoms with van der Waals surface area (Å²) in [7, 11) is 8.30. The van der Waals surface area contributed by atoms with Gasteiger partial charge < -0.3 is 40.0 Å². The van der Waals surface area contributed by atoms with Gasteiger partial charge >= 0.3 is 93.8 Å². The van der Waals surface area contributed by atoms with Crippen molar-refractivity contribution in [3.05, 3.63) is 187 Å². The summed E-state index contributed by atoms with van der Waals surface area (Å²) in [6.07, 6.45) is 0. The molecule has 6 aromatic rings. The molecule has 0 saturated carbocycles. The normalized spacial score (nSPS) is 12.5. The fraction of sp³-hybridized carbons (Fsp3) is 0.561. The van der Waals surface area contributed by atoms with Crippen LogP contribution in [-0.4, -0.2) is 74.0 Å². The van der Waals surface area contributed by atoms with Crippen molar-refractivity contribution in [1.82, 2.24) is 19.6 Å². The predicted octanol–water partition coefficient (Wildman–Crippen LogP) is 17.2. The first-order valence-electron chi connectivity index (χ1n) is 33.0. The van der Waals surface area contributed by atoms with E-state index in [1.807, 2.05) is 36.4 Å². The maximum absolute atomic E-state index is 13.4. The van der Waals surface area contributed by atoms with Crippen molar-refractivity contribution < 1.29 is 114 Å². The molecule has 0 bridgehead atoms. The Hall–Kier alpha value is -2.60. The Bertz CT molecular complexity index is 2810. The fourth-order valence-electron chi connectivity index (χ4n) is 10.4. The van der Waals surface area contributed by atoms with Crippen LogP contribution < -0.4 is 20.4 Å². The molecule has 524 valence electrons. The largest absolute Gasteiger partial charge is 2.00 e. The number of benzene rings is 6. The topological polar surface area (TPSA) is 105 Å². The van der Waals surface area contributed by atoms with Crippen LogP contribution in [0.5, 0.6) is 23.0 Å². The molecule has 0 amide bonds. The van der Waals surface area contributed by atoms with E-state index in [0.717, 1.165) is 70.7 Å². The zero-order chi connectivity index (χ0) is 69.1. The van der Waals surface area contributed by atoms with Gasteiger partial charge in [0.2, 0.25) is 0 Å². The fourth-order valence-corrected chi connectivity index (χ4v) is 10.4. The monoisotopic (exact) mass is 1580 g/mol. The van der Waals surface area contributed by atoms with Gasteiger partial charge in [-0.15, -0.1) is 23.0 Å². The Kier molecular flexibility index (Phi) is 34.0. The summed E-state index contributed by atoms with van der Waals surface area (Å²) < 4.78 is 0. The van der Waals surface area contributed by atoms with Crippen LogP contribution in [0.3, 0.4) is 0 Å². The zero-order valence-corrected chi connectivity index (χ0v) is 66.4. The molecule has 0 fully saturated rings. The molecule has 0 radical (unpaired) electrons. The van der Waals surface area contributed by atoms with Gasteiger partial charge in [0.25, 0.3) is 0 Å². The third kappa shape index (κ3) is 28.5. The predicted molar refractivity (Wildman–Crippen MR) is 381 cm³/mol. The van der Waals surface area contributed by atoms with Crippen LogP contribution in [0.15, 0.2) is 109 Å². The van der Waals surface area contributed by atoms with E-state index in [1.54, 1.807) is 0 Å². The van der Waals surface area contributed by atoms with E-state index < -0.39 is 0 Å². The van der Waals surface area contributed by atoms with Crippen LogP contribution in [0.1, 0.15) is 244 Å². The average Bonchev–Trinajstić information content (AvgIpc) is 0.821. The molecule has 0 atom stereocenters. The third-order valence-electron chi connectivity index (χ3n) is 16.7. The van der Waals surface area contributed by atoms with Gasteiger partial charge in [-0.3, -0.25) is 0 Å². The van der Waals surface area contributed by atoms with Gasteiger partial charge in [-0.05, 0) is 152 Å². The molecule has 8 nitrogen and oxygen atoms in total. The third-order valence-corrected chi connectivity index (χ3v) is 16.7. The van der Waals surface area contributed by atoms with Gasteiger partial charge in [0, 0.05) is 52.4 Å². The van der Waals surface area contributed by atoms with Crippen molar-refractivity contribution in [2.45, 2.75) is 250 Å². The van der Waals surface area contributed by atoms with Crippen LogP contribution in [0.2, 0.25) is 0 Å². The van der Waals surface area contributed by atoms with E-state index in [-0.39, 0.29) is 160 Å². The Morgan fingerprint density at radius 2 is 0.424 bits per heavy atom. The number of likely N-dealkylation sites (N-methyl/N-ethyl adjacent to an activating group) is 4. The molecule has 92 heavy (non-hydrogen) atoms. The summed E-state index contributed by atoms with van der Waals surface area (Å²) in [5.74, 6) is 0.650. The van der Waals surface area contributed by atoms with E-state index in [9.17, 15) is 20.4 Å². The van der Waals surface area contributed by atoms with Crippen LogP contribution in [0, 0.1) is 108 Å². The number of rotatable bonds is 14. The first kappa shape index (κ1) is 87.4. The summed E-state index contributed by atoms with van der Waals surface area (Å²) in [6, 6.07) is 37.4. The van der Waals surface area contributed by atoms with Gasteiger partial charge in [-0.25, -0.2) is 0 Å². The van der Waals surface area contributed by atoms with E-state index in [1.165, 1.54) is 33.4 Å². The van der Waals surface area contributed by atoms with Gasteiger partial charge in [-0.1, -0.05) is 286 Å². The van der Waals surface area contributed by atoms with Crippen LogP contribution in [0.25, 0.3) is 0 Å². The minimum absolute atomic E-state index is 0. The molecular formula is C82H124N4O4Yb2. The van der Waals surface area contributed by atoms with Gasteiger partial charge in [0.1, 0.15) is 0 Å². The molecule has 0 N–H and O–H groups in total. The SMILES string of the molecule is CN(CCN(C)Cc1cc(C(C)(C)C)cc(C(C)(C)C)c1[O-])Cc1cc(C(C)(C)C)cc(C(C)(C)C)c1[O-].CN(CCN(C)Cc1cc(C(C)(C)C)cc(C(C)(C)C)c1[O-])Cc1cc(C(C)(C)C)cc(C(C)(C)C)c1[O-].Cc1ccccc1.Cc1ccccc1.[Yb+2].[Yb+2]. The molecule has 0 aliphatic carbocycles. The second-order valence-electron chi connectivity index (χ2n) is 34.3. The Morgan fingerprint density at radius 1 is 0.261 bits per heavy atom. The number of hydrogen-bond donors (Lipinski definition) is 0. The summed E-state index contributed by atoms with van der Waals surface area (Å²) in [5.41, 5.74) is 13.6. The van der Waals surface area contributed by atoms with E-state index in [0.29, 0.717) is 26.2 Å². The van der Waals surface area contributed by atoms with Gasteiger partial charge in [-0.2, -0.15) is 0 Å². The molecule has 0 aliphatic rings. The Labute approximate surface area is 640 Å². The van der Waals surface area contributed by atoms with Crippen molar-refractivity contribution >= 4 is 0 Å². The molecule has 0 aliphatic heterocycles. The maximum Gasteiger partial charge on any atom is 2.00 e. The maximum atomic E-state index is 13.4. The van der Waals surface area contributed by atoms with Crippen molar-refractivity contribution in [2.24, 2.45) is 0 Å². The molecule has 0 unspecified atom stereocenters. The Morgan fingerprint density at radius 3 is 0.543 bits per heavy atom. The summed E-state index contributed by atoms with van der Waals surface area (Å²) in [6.45, 7) is 61.6. The molecule has 0 aromatic heterocycles. The molecule has 0 spiro atoms. The smallest absolute Gasteiger partial charge is 0.872 e. The number of aryl methyl sites for hydroxylation is 2. The first-order chi connectivity index (χ1) is 40.8. The molecular weight excluding hydrogens is 1450 g/mol. The quantitative estimate of drug-likeness (QED) is 0.106. The second kappa shape index (κ2) is 35.8. The standard InChI is InChI=1S/2C34H56N2O2.2C7H8.2Yb/c2*1-31(2,3)25-17-23(29(37)27(19-25)33(7,8)9)21-35(13)15-16-36(14)22-24-18-26(32(4,5)6)20-28(30(24)38)34(10,11)12;2*1-7-5-3-2-4-6-7;;/h2*17-20,37-38H,15-16,21-22H2,1-14H3;2*2-6H,1H3;;/q;;;;2*+2/p-4. The van der Waals surface area contributed by atoms with E-state index in [2.05, 4.69) is 301 Å². The van der Waals surface area contributed by atoms with Gasteiger partial charge in [0.05, 0.1) is 0 Å². The van der Waals surface area contributed by atoms with Gasteiger partial charge in [0.15, 0.2) is 0 Å². The summed E-state index contributed by atoms with van der Waals surface area (Å²) in [4.78, 5) is 8.87. The minimum Gasteiger partial charge on any atom is -0.872 e. The van der Waals surface area contributed by atoms with Crippen LogP contribution in [-0.2, 0) is 69.5 Å². The van der Waals surface area contributed by atoms with Crippen molar-refractivity contribution in [3.8, 4) is 23.0 Å².